The first-order chi connectivity index (χ1) is 10.7. The number of halogens is 1. The number of benzene rings is 1. The van der Waals surface area contributed by atoms with Gasteiger partial charge in [0.05, 0.1) is 0 Å². The molecular weight excluding hydrogens is 366 g/mol. The number of rotatable bonds is 5. The number of anilines is 1. The van der Waals surface area contributed by atoms with E-state index in [9.17, 15) is 0 Å². The lowest BCUT2D eigenvalue weighted by molar-refractivity contribution is 0.872. The highest BCUT2D eigenvalue weighted by Crippen LogP contribution is 2.19. The van der Waals surface area contributed by atoms with Crippen molar-refractivity contribution in [2.24, 2.45) is 5.11 Å². The molecule has 0 fully saturated rings. The second-order valence-electron chi connectivity index (χ2n) is 4.14. The number of hydrogen-bond acceptors (Lipinski definition) is 4. The molecule has 9 heteroatoms. The lowest BCUT2D eigenvalue weighted by atomic mass is 10.1. The zero-order valence-electron chi connectivity index (χ0n) is 11.4. The summed E-state index contributed by atoms with van der Waals surface area (Å²) < 4.78 is 0.591. The molecule has 1 aromatic heterocycles. The van der Waals surface area contributed by atoms with E-state index < -0.39 is 0 Å². The van der Waals surface area contributed by atoms with Crippen molar-refractivity contribution in [3.05, 3.63) is 57.3 Å². The molecule has 0 amide bonds. The summed E-state index contributed by atoms with van der Waals surface area (Å²) in [6, 6.07) is 7.43. The van der Waals surface area contributed by atoms with Gasteiger partial charge in [-0.25, -0.2) is 9.97 Å². The number of nitrogens with zero attached hydrogens (tertiary/aromatic N) is 5. The first-order valence-corrected chi connectivity index (χ1v) is 7.55. The predicted molar refractivity (Wildman–Crippen MR) is 92.9 cm³/mol. The zero-order chi connectivity index (χ0) is 15.8. The predicted octanol–water partition coefficient (Wildman–Crippen LogP) is 3.71. The molecule has 0 atom stereocenters. The lowest BCUT2D eigenvalue weighted by Gasteiger charge is -2.11. The third kappa shape index (κ3) is 4.66. The van der Waals surface area contributed by atoms with Gasteiger partial charge in [0, 0.05) is 29.5 Å². The summed E-state index contributed by atoms with van der Waals surface area (Å²) in [6.45, 7) is 0.599. The van der Waals surface area contributed by atoms with Crippen molar-refractivity contribution in [2.45, 2.75) is 6.42 Å². The molecule has 0 aliphatic carbocycles. The lowest BCUT2D eigenvalue weighted by Crippen LogP contribution is -2.30. The smallest absolute Gasteiger partial charge is 0.172 e. The van der Waals surface area contributed by atoms with Gasteiger partial charge in [-0.3, -0.25) is 0 Å². The maximum absolute atomic E-state index is 8.54. The Morgan fingerprint density at radius 2 is 2.09 bits per heavy atom. The molecule has 0 radical (unpaired) electrons. The van der Waals surface area contributed by atoms with Crippen molar-refractivity contribution < 1.29 is 0 Å². The number of aromatic nitrogens is 2. The van der Waals surface area contributed by atoms with Gasteiger partial charge in [-0.1, -0.05) is 29.4 Å². The number of thiocarbonyl (C=S) groups is 1. The average Bonchev–Trinajstić information content (AvgIpc) is 2.51. The van der Waals surface area contributed by atoms with E-state index in [-0.39, 0.29) is 0 Å². The molecule has 0 aliphatic rings. The van der Waals surface area contributed by atoms with Crippen LogP contribution in [0.5, 0.6) is 0 Å². The minimum atomic E-state index is 0.447. The topological polar surface area (TPSA) is 98.6 Å². The third-order valence-electron chi connectivity index (χ3n) is 2.71. The molecule has 7 nitrogen and oxygen atoms in total. The van der Waals surface area contributed by atoms with Gasteiger partial charge in [-0.2, -0.15) is 0 Å². The molecule has 2 aromatic rings. The highest BCUT2D eigenvalue weighted by Gasteiger charge is 2.04. The molecule has 22 heavy (non-hydrogen) atoms. The van der Waals surface area contributed by atoms with Crippen LogP contribution in [0.2, 0.25) is 0 Å². The summed E-state index contributed by atoms with van der Waals surface area (Å²) in [5.41, 5.74) is 10.1. The molecule has 0 unspecified atom stereocenters. The molecule has 2 rings (SSSR count). The van der Waals surface area contributed by atoms with Gasteiger partial charge in [0.2, 0.25) is 0 Å². The van der Waals surface area contributed by atoms with Crippen molar-refractivity contribution in [1.82, 2.24) is 15.3 Å². The largest absolute Gasteiger partial charge is 0.362 e. The van der Waals surface area contributed by atoms with Gasteiger partial charge in [0.15, 0.2) is 10.9 Å². The molecular formula is C13H12BrN7S. The van der Waals surface area contributed by atoms with Crippen LogP contribution < -0.4 is 10.6 Å². The SMILES string of the molecule is [N-]=[N+]=Nc1ccccc1CCNC(=S)Nc1nccnc1Br. The van der Waals surface area contributed by atoms with Gasteiger partial charge >= 0.3 is 0 Å². The first-order valence-electron chi connectivity index (χ1n) is 6.35. The van der Waals surface area contributed by atoms with E-state index >= 15 is 0 Å². The van der Waals surface area contributed by atoms with E-state index in [0.29, 0.717) is 34.2 Å². The van der Waals surface area contributed by atoms with Crippen LogP contribution in [0.4, 0.5) is 11.5 Å². The van der Waals surface area contributed by atoms with Crippen molar-refractivity contribution in [3.8, 4) is 0 Å². The van der Waals surface area contributed by atoms with Crippen LogP contribution in [0, 0.1) is 0 Å². The average molecular weight is 378 g/mol. The van der Waals surface area contributed by atoms with Crippen LogP contribution in [-0.2, 0) is 6.42 Å². The molecule has 2 N–H and O–H groups in total. The Balaban J connectivity index is 1.88. The monoisotopic (exact) mass is 377 g/mol. The number of hydrogen-bond donors (Lipinski definition) is 2. The van der Waals surface area contributed by atoms with Crippen molar-refractivity contribution in [3.63, 3.8) is 0 Å². The molecule has 0 saturated heterocycles. The number of nitrogens with one attached hydrogen (secondary N) is 2. The maximum Gasteiger partial charge on any atom is 0.172 e. The summed E-state index contributed by atoms with van der Waals surface area (Å²) >= 11 is 8.49. The fourth-order valence-electron chi connectivity index (χ4n) is 1.74. The van der Waals surface area contributed by atoms with Crippen molar-refractivity contribution >= 4 is 44.8 Å². The minimum absolute atomic E-state index is 0.447. The fourth-order valence-corrected chi connectivity index (χ4v) is 2.25. The van der Waals surface area contributed by atoms with E-state index in [1.54, 1.807) is 18.5 Å². The van der Waals surface area contributed by atoms with Crippen LogP contribution in [-0.4, -0.2) is 21.6 Å². The molecule has 0 spiro atoms. The van der Waals surface area contributed by atoms with E-state index in [4.69, 9.17) is 17.7 Å². The summed E-state index contributed by atoms with van der Waals surface area (Å²) in [5.74, 6) is 0.550. The summed E-state index contributed by atoms with van der Waals surface area (Å²) in [4.78, 5) is 11.0. The Morgan fingerprint density at radius 1 is 1.32 bits per heavy atom. The van der Waals surface area contributed by atoms with Crippen LogP contribution in [0.15, 0.2) is 46.4 Å². The summed E-state index contributed by atoms with van der Waals surface area (Å²) in [7, 11) is 0. The molecule has 1 aromatic carbocycles. The van der Waals surface area contributed by atoms with Crippen LogP contribution in [0.3, 0.4) is 0 Å². The van der Waals surface area contributed by atoms with Crippen LogP contribution in [0.1, 0.15) is 5.56 Å². The fraction of sp³-hybridized carbons (Fsp3) is 0.154. The number of azide groups is 1. The van der Waals surface area contributed by atoms with E-state index in [2.05, 4.69) is 46.6 Å². The standard InChI is InChI=1S/C13H12BrN7S/c14-11-12(17-8-7-16-11)19-13(22)18-6-5-9-3-1-2-4-10(9)20-21-15/h1-4,7-8H,5-6H2,(H2,17,18,19,22). The van der Waals surface area contributed by atoms with E-state index in [0.717, 1.165) is 5.56 Å². The Morgan fingerprint density at radius 3 is 2.86 bits per heavy atom. The Kier molecular flexibility index (Phi) is 6.08. The highest BCUT2D eigenvalue weighted by molar-refractivity contribution is 9.10. The van der Waals surface area contributed by atoms with Gasteiger partial charge < -0.3 is 10.6 Å². The van der Waals surface area contributed by atoms with Gasteiger partial charge in [-0.15, -0.1) is 0 Å². The summed E-state index contributed by atoms with van der Waals surface area (Å²) in [6.07, 6.45) is 3.84. The second-order valence-corrected chi connectivity index (χ2v) is 5.30. The van der Waals surface area contributed by atoms with Gasteiger partial charge in [0.1, 0.15) is 4.60 Å². The minimum Gasteiger partial charge on any atom is -0.362 e. The van der Waals surface area contributed by atoms with Crippen molar-refractivity contribution in [2.75, 3.05) is 11.9 Å². The molecule has 1 heterocycles. The van der Waals surface area contributed by atoms with Crippen molar-refractivity contribution in [1.29, 1.82) is 0 Å². The summed E-state index contributed by atoms with van der Waals surface area (Å²) in [5, 5.41) is 10.1. The third-order valence-corrected chi connectivity index (χ3v) is 3.54. The van der Waals surface area contributed by atoms with Crippen LogP contribution >= 0.6 is 28.1 Å². The van der Waals surface area contributed by atoms with E-state index in [1.807, 2.05) is 18.2 Å². The normalized spacial score (nSPS) is 9.68. The molecule has 0 saturated carbocycles. The molecule has 112 valence electrons. The van der Waals surface area contributed by atoms with Crippen LogP contribution in [0.25, 0.3) is 10.4 Å². The van der Waals surface area contributed by atoms with Gasteiger partial charge in [0.25, 0.3) is 0 Å². The Bertz CT molecular complexity index is 715. The maximum atomic E-state index is 8.54. The van der Waals surface area contributed by atoms with Gasteiger partial charge in [-0.05, 0) is 45.7 Å². The van der Waals surface area contributed by atoms with E-state index in [1.165, 1.54) is 0 Å². The Labute approximate surface area is 140 Å². The molecule has 0 bridgehead atoms. The zero-order valence-corrected chi connectivity index (χ0v) is 13.8. The first kappa shape index (κ1) is 16.2. The quantitative estimate of drug-likeness (QED) is 0.358. The highest BCUT2D eigenvalue weighted by atomic mass is 79.9. The second kappa shape index (κ2) is 8.28. The molecule has 0 aliphatic heterocycles. The Hall–Kier alpha value is -2.22.